The first kappa shape index (κ1) is 9.36. The van der Waals surface area contributed by atoms with Crippen LogP contribution < -0.4 is 0 Å². The molecule has 4 nitrogen and oxygen atoms in total. The molecule has 3 heterocycles. The lowest BCUT2D eigenvalue weighted by Crippen LogP contribution is -2.54. The van der Waals surface area contributed by atoms with E-state index in [1.54, 1.807) is 5.70 Å². The average Bonchev–Trinajstić information content (AvgIpc) is 2.01. The van der Waals surface area contributed by atoms with Gasteiger partial charge in [-0.05, 0) is 5.70 Å². The smallest absolute Gasteiger partial charge is 0.369 e. The van der Waals surface area contributed by atoms with Gasteiger partial charge in [0.2, 0.25) is 0 Å². The second kappa shape index (κ2) is 3.89. The zero-order valence-electron chi connectivity index (χ0n) is 7.70. The Hall–Kier alpha value is -0.203. The van der Waals surface area contributed by atoms with Crippen molar-refractivity contribution in [1.82, 2.24) is 4.90 Å². The minimum absolute atomic E-state index is 0.693. The second-order valence-electron chi connectivity index (χ2n) is 3.19. The van der Waals surface area contributed by atoms with Gasteiger partial charge >= 0.3 is 8.80 Å². The molecule has 3 saturated heterocycles. The van der Waals surface area contributed by atoms with Crippen molar-refractivity contribution < 1.29 is 13.3 Å². The molecule has 2 bridgehead atoms. The summed E-state index contributed by atoms with van der Waals surface area (Å²) < 4.78 is 16.9. The topological polar surface area (TPSA) is 30.9 Å². The van der Waals surface area contributed by atoms with E-state index in [-0.39, 0.29) is 0 Å². The zero-order valence-corrected chi connectivity index (χ0v) is 8.70. The Morgan fingerprint density at radius 3 is 1.85 bits per heavy atom. The van der Waals surface area contributed by atoms with Crippen LogP contribution in [-0.4, -0.2) is 53.2 Å². The maximum absolute atomic E-state index is 5.63. The summed E-state index contributed by atoms with van der Waals surface area (Å²) in [6, 6.07) is 0. The fourth-order valence-electron chi connectivity index (χ4n) is 1.59. The molecule has 3 fully saturated rings. The van der Waals surface area contributed by atoms with Crippen molar-refractivity contribution in [3.05, 3.63) is 12.3 Å². The monoisotopic (exact) mass is 201 g/mol. The Balaban J connectivity index is 2.11. The fourth-order valence-corrected chi connectivity index (χ4v) is 3.32. The normalized spacial score (nSPS) is 40.5. The van der Waals surface area contributed by atoms with E-state index in [2.05, 4.69) is 11.5 Å². The van der Waals surface area contributed by atoms with Crippen LogP contribution in [0.4, 0.5) is 0 Å². The predicted molar refractivity (Wildman–Crippen MR) is 50.2 cm³/mol. The zero-order chi connectivity index (χ0) is 9.15. The summed E-state index contributed by atoms with van der Waals surface area (Å²) >= 11 is 0. The predicted octanol–water partition coefficient (Wildman–Crippen LogP) is 0.0295. The first-order valence-corrected chi connectivity index (χ1v) is 6.43. The van der Waals surface area contributed by atoms with Gasteiger partial charge in [-0.2, -0.15) is 0 Å². The van der Waals surface area contributed by atoms with Crippen LogP contribution in [0.25, 0.3) is 0 Å². The van der Waals surface area contributed by atoms with E-state index in [1.807, 2.05) is 0 Å². The highest BCUT2D eigenvalue weighted by molar-refractivity contribution is 6.66. The summed E-state index contributed by atoms with van der Waals surface area (Å²) in [5.74, 6) is 0. The van der Waals surface area contributed by atoms with Crippen LogP contribution in [0, 0.1) is 0 Å². The molecule has 0 amide bonds. The van der Waals surface area contributed by atoms with Crippen molar-refractivity contribution in [2.24, 2.45) is 0 Å². The molecule has 0 aliphatic carbocycles. The van der Waals surface area contributed by atoms with Crippen LogP contribution in [-0.2, 0) is 13.3 Å². The first-order chi connectivity index (χ1) is 6.35. The fraction of sp³-hybridized carbons (Fsp3) is 0.750. The molecular weight excluding hydrogens is 186 g/mol. The van der Waals surface area contributed by atoms with Crippen LogP contribution in [0.5, 0.6) is 0 Å². The molecule has 3 aliphatic rings. The Bertz CT molecular complexity index is 173. The molecular formula is C8H15NO3Si. The van der Waals surface area contributed by atoms with Crippen molar-refractivity contribution >= 4 is 8.80 Å². The maximum Gasteiger partial charge on any atom is 0.529 e. The van der Waals surface area contributed by atoms with Crippen molar-refractivity contribution in [3.63, 3.8) is 0 Å². The third kappa shape index (κ3) is 2.00. The minimum Gasteiger partial charge on any atom is -0.369 e. The molecule has 74 valence electrons. The van der Waals surface area contributed by atoms with Gasteiger partial charge in [0.15, 0.2) is 0 Å². The Morgan fingerprint density at radius 2 is 1.46 bits per heavy atom. The lowest BCUT2D eigenvalue weighted by Gasteiger charge is -2.36. The Morgan fingerprint density at radius 1 is 1.00 bits per heavy atom. The van der Waals surface area contributed by atoms with Gasteiger partial charge in [-0.1, -0.05) is 6.58 Å². The SMILES string of the molecule is C=C[Si]12OCCN(CCO1)CCO2. The van der Waals surface area contributed by atoms with Crippen molar-refractivity contribution in [3.8, 4) is 0 Å². The molecule has 0 atom stereocenters. The van der Waals surface area contributed by atoms with E-state index in [4.69, 9.17) is 13.3 Å². The number of hydrogen-bond donors (Lipinski definition) is 0. The van der Waals surface area contributed by atoms with E-state index < -0.39 is 8.80 Å². The highest BCUT2D eigenvalue weighted by atomic mass is 28.4. The highest BCUT2D eigenvalue weighted by Crippen LogP contribution is 2.16. The Labute approximate surface area is 79.4 Å². The van der Waals surface area contributed by atoms with E-state index in [9.17, 15) is 0 Å². The molecule has 3 aliphatic heterocycles. The summed E-state index contributed by atoms with van der Waals surface area (Å²) in [5.41, 5.74) is 1.73. The summed E-state index contributed by atoms with van der Waals surface area (Å²) in [6.07, 6.45) is 0. The first-order valence-electron chi connectivity index (χ1n) is 4.62. The molecule has 0 aromatic heterocycles. The van der Waals surface area contributed by atoms with Crippen LogP contribution in [0.2, 0.25) is 0 Å². The Kier molecular flexibility index (Phi) is 2.80. The number of fused-ring (bicyclic) bond motifs is 6. The molecule has 0 radical (unpaired) electrons. The van der Waals surface area contributed by atoms with Gasteiger partial charge < -0.3 is 13.3 Å². The minimum atomic E-state index is -2.46. The van der Waals surface area contributed by atoms with Gasteiger partial charge in [-0.25, -0.2) is 0 Å². The van der Waals surface area contributed by atoms with Gasteiger partial charge in [-0.15, -0.1) is 0 Å². The van der Waals surface area contributed by atoms with Crippen molar-refractivity contribution in [1.29, 1.82) is 0 Å². The molecule has 5 heteroatoms. The van der Waals surface area contributed by atoms with E-state index >= 15 is 0 Å². The summed E-state index contributed by atoms with van der Waals surface area (Å²) in [7, 11) is -2.46. The summed E-state index contributed by atoms with van der Waals surface area (Å²) in [4.78, 5) is 2.29. The van der Waals surface area contributed by atoms with E-state index in [0.29, 0.717) is 19.8 Å². The van der Waals surface area contributed by atoms with Crippen LogP contribution >= 0.6 is 0 Å². The van der Waals surface area contributed by atoms with Crippen molar-refractivity contribution in [2.45, 2.75) is 0 Å². The molecule has 13 heavy (non-hydrogen) atoms. The third-order valence-electron chi connectivity index (χ3n) is 2.38. The lowest BCUT2D eigenvalue weighted by atomic mass is 10.4. The van der Waals surface area contributed by atoms with Gasteiger partial charge in [-0.3, -0.25) is 4.90 Å². The number of rotatable bonds is 1. The maximum atomic E-state index is 5.63. The van der Waals surface area contributed by atoms with Gasteiger partial charge in [0.1, 0.15) is 0 Å². The summed E-state index contributed by atoms with van der Waals surface area (Å²) in [6.45, 7) is 8.76. The third-order valence-corrected chi connectivity index (χ3v) is 4.70. The van der Waals surface area contributed by atoms with Crippen LogP contribution in [0.3, 0.4) is 0 Å². The molecule has 0 saturated carbocycles. The molecule has 0 unspecified atom stereocenters. The van der Waals surface area contributed by atoms with E-state index in [1.165, 1.54) is 0 Å². The summed E-state index contributed by atoms with van der Waals surface area (Å²) in [5, 5.41) is 0. The van der Waals surface area contributed by atoms with Crippen molar-refractivity contribution in [2.75, 3.05) is 39.5 Å². The quantitative estimate of drug-likeness (QED) is 0.560. The molecule has 0 spiro atoms. The number of nitrogens with zero attached hydrogens (tertiary/aromatic N) is 1. The highest BCUT2D eigenvalue weighted by Gasteiger charge is 2.40. The molecule has 0 N–H and O–H groups in total. The lowest BCUT2D eigenvalue weighted by molar-refractivity contribution is 0.000337. The van der Waals surface area contributed by atoms with Gasteiger partial charge in [0.25, 0.3) is 0 Å². The van der Waals surface area contributed by atoms with Gasteiger partial charge in [0, 0.05) is 19.6 Å². The van der Waals surface area contributed by atoms with Crippen LogP contribution in [0.15, 0.2) is 12.3 Å². The van der Waals surface area contributed by atoms with E-state index in [0.717, 1.165) is 19.6 Å². The largest absolute Gasteiger partial charge is 0.529 e. The molecule has 3 rings (SSSR count). The molecule has 0 aromatic rings. The van der Waals surface area contributed by atoms with Crippen LogP contribution in [0.1, 0.15) is 0 Å². The molecule has 0 aromatic carbocycles. The van der Waals surface area contributed by atoms with Gasteiger partial charge in [0.05, 0.1) is 19.8 Å². The second-order valence-corrected chi connectivity index (χ2v) is 5.68. The standard InChI is InChI=1S/C8H15NO3Si/c1-2-13-10-6-3-9(4-7-11-13)5-8-12-13/h2H,1,3-8H2. The number of hydrogen-bond acceptors (Lipinski definition) is 4. The average molecular weight is 201 g/mol.